The SMILES string of the molecule is O=S(=O)(c1cccs1)N1CCC[C@@H]1CO. The molecule has 0 bridgehead atoms. The smallest absolute Gasteiger partial charge is 0.252 e. The molecule has 0 radical (unpaired) electrons. The summed E-state index contributed by atoms with van der Waals surface area (Å²) in [4.78, 5) is 0. The fourth-order valence-corrected chi connectivity index (χ4v) is 4.64. The maximum Gasteiger partial charge on any atom is 0.252 e. The van der Waals surface area contributed by atoms with E-state index in [0.717, 1.165) is 12.8 Å². The van der Waals surface area contributed by atoms with Crippen LogP contribution in [0.3, 0.4) is 0 Å². The van der Waals surface area contributed by atoms with Gasteiger partial charge in [-0.15, -0.1) is 11.3 Å². The lowest BCUT2D eigenvalue weighted by molar-refractivity contribution is 0.213. The Morgan fingerprint density at radius 2 is 2.40 bits per heavy atom. The van der Waals surface area contributed by atoms with Crippen LogP contribution in [0.5, 0.6) is 0 Å². The molecule has 1 aliphatic rings. The summed E-state index contributed by atoms with van der Waals surface area (Å²) in [6.07, 6.45) is 1.58. The Bertz CT molecular complexity index is 413. The minimum absolute atomic E-state index is 0.0927. The lowest BCUT2D eigenvalue weighted by atomic mass is 10.2. The lowest BCUT2D eigenvalue weighted by Crippen LogP contribution is -2.37. The molecule has 0 aliphatic carbocycles. The molecule has 4 nitrogen and oxygen atoms in total. The van der Waals surface area contributed by atoms with Crippen LogP contribution in [0.15, 0.2) is 21.7 Å². The molecule has 1 atom stereocenters. The second-order valence-corrected chi connectivity index (χ2v) is 6.59. The molecule has 0 amide bonds. The minimum Gasteiger partial charge on any atom is -0.395 e. The van der Waals surface area contributed by atoms with Gasteiger partial charge in [0.15, 0.2) is 0 Å². The van der Waals surface area contributed by atoms with E-state index in [0.29, 0.717) is 10.8 Å². The number of hydrogen-bond acceptors (Lipinski definition) is 4. The van der Waals surface area contributed by atoms with Crippen molar-refractivity contribution in [3.63, 3.8) is 0 Å². The highest BCUT2D eigenvalue weighted by atomic mass is 32.2. The number of aliphatic hydroxyl groups excluding tert-OH is 1. The maximum atomic E-state index is 12.1. The topological polar surface area (TPSA) is 57.6 Å². The fraction of sp³-hybridized carbons (Fsp3) is 0.556. The first-order valence-electron chi connectivity index (χ1n) is 4.82. The Morgan fingerprint density at radius 1 is 1.60 bits per heavy atom. The predicted octanol–water partition coefficient (Wildman–Crippen LogP) is 0.894. The van der Waals surface area contributed by atoms with E-state index in [1.807, 2.05) is 0 Å². The van der Waals surface area contributed by atoms with E-state index in [4.69, 9.17) is 5.11 Å². The van der Waals surface area contributed by atoms with Gasteiger partial charge in [0.2, 0.25) is 0 Å². The average molecular weight is 247 g/mol. The van der Waals surface area contributed by atoms with Crippen LogP contribution in [0.1, 0.15) is 12.8 Å². The van der Waals surface area contributed by atoms with Crippen molar-refractivity contribution in [1.29, 1.82) is 0 Å². The van der Waals surface area contributed by atoms with Crippen LogP contribution >= 0.6 is 11.3 Å². The van der Waals surface area contributed by atoms with Crippen molar-refractivity contribution in [2.75, 3.05) is 13.2 Å². The Balaban J connectivity index is 2.30. The van der Waals surface area contributed by atoms with Crippen LogP contribution in [0.25, 0.3) is 0 Å². The van der Waals surface area contributed by atoms with Crippen molar-refractivity contribution >= 4 is 21.4 Å². The monoisotopic (exact) mass is 247 g/mol. The van der Waals surface area contributed by atoms with Crippen LogP contribution in [-0.4, -0.2) is 37.0 Å². The third-order valence-corrected chi connectivity index (χ3v) is 5.92. The zero-order chi connectivity index (χ0) is 10.9. The molecule has 2 heterocycles. The fourth-order valence-electron chi connectivity index (χ4n) is 1.83. The molecule has 6 heteroatoms. The van der Waals surface area contributed by atoms with Crippen molar-refractivity contribution in [3.05, 3.63) is 17.5 Å². The van der Waals surface area contributed by atoms with Gasteiger partial charge in [-0.25, -0.2) is 8.42 Å². The molecule has 2 rings (SSSR count). The highest BCUT2D eigenvalue weighted by molar-refractivity contribution is 7.91. The predicted molar refractivity (Wildman–Crippen MR) is 58.3 cm³/mol. The van der Waals surface area contributed by atoms with E-state index < -0.39 is 10.0 Å². The minimum atomic E-state index is -3.36. The summed E-state index contributed by atoms with van der Waals surface area (Å²) in [5, 5.41) is 10.8. The summed E-state index contributed by atoms with van der Waals surface area (Å²) < 4.78 is 26.0. The van der Waals surface area contributed by atoms with Gasteiger partial charge in [-0.2, -0.15) is 4.31 Å². The molecule has 1 saturated heterocycles. The first kappa shape index (κ1) is 11.1. The summed E-state index contributed by atoms with van der Waals surface area (Å²) >= 11 is 1.22. The second kappa shape index (κ2) is 4.21. The van der Waals surface area contributed by atoms with Gasteiger partial charge in [0, 0.05) is 12.6 Å². The second-order valence-electron chi connectivity index (χ2n) is 3.53. The molecule has 1 fully saturated rings. The highest BCUT2D eigenvalue weighted by Crippen LogP contribution is 2.27. The van der Waals surface area contributed by atoms with Crippen LogP contribution in [0, 0.1) is 0 Å². The first-order chi connectivity index (χ1) is 7.16. The Hall–Kier alpha value is -0.430. The van der Waals surface area contributed by atoms with E-state index >= 15 is 0 Å². The van der Waals surface area contributed by atoms with Crippen LogP contribution < -0.4 is 0 Å². The molecule has 0 aromatic carbocycles. The zero-order valence-electron chi connectivity index (χ0n) is 8.17. The number of hydrogen-bond donors (Lipinski definition) is 1. The van der Waals surface area contributed by atoms with Crippen molar-refractivity contribution in [1.82, 2.24) is 4.31 Å². The van der Waals surface area contributed by atoms with Gasteiger partial charge in [-0.05, 0) is 24.3 Å². The summed E-state index contributed by atoms with van der Waals surface area (Å²) in [5.74, 6) is 0. The molecule has 1 aromatic heterocycles. The lowest BCUT2D eigenvalue weighted by Gasteiger charge is -2.21. The Labute approximate surface area is 93.2 Å². The van der Waals surface area contributed by atoms with Crippen molar-refractivity contribution in [2.24, 2.45) is 0 Å². The molecule has 1 aliphatic heterocycles. The van der Waals surface area contributed by atoms with Crippen molar-refractivity contribution < 1.29 is 13.5 Å². The van der Waals surface area contributed by atoms with E-state index in [1.54, 1.807) is 17.5 Å². The number of rotatable bonds is 3. The Morgan fingerprint density at radius 3 is 3.00 bits per heavy atom. The largest absolute Gasteiger partial charge is 0.395 e. The third-order valence-electron chi connectivity index (χ3n) is 2.59. The summed E-state index contributed by atoms with van der Waals surface area (Å²) in [6.45, 7) is 0.427. The maximum absolute atomic E-state index is 12.1. The molecule has 1 N–H and O–H groups in total. The molecule has 0 spiro atoms. The summed E-state index contributed by atoms with van der Waals surface area (Å²) in [6, 6.07) is 3.09. The highest BCUT2D eigenvalue weighted by Gasteiger charge is 2.35. The quantitative estimate of drug-likeness (QED) is 0.863. The third kappa shape index (κ3) is 1.94. The summed E-state index contributed by atoms with van der Waals surface area (Å²) in [7, 11) is -3.36. The molecule has 0 unspecified atom stereocenters. The molecule has 84 valence electrons. The number of aliphatic hydroxyl groups is 1. The molecular weight excluding hydrogens is 234 g/mol. The first-order valence-corrected chi connectivity index (χ1v) is 7.14. The standard InChI is InChI=1S/C9H13NO3S2/c11-7-8-3-1-5-10(8)15(12,13)9-4-2-6-14-9/h2,4,6,8,11H,1,3,5,7H2/t8-/m1/s1. The zero-order valence-corrected chi connectivity index (χ0v) is 9.80. The van der Waals surface area contributed by atoms with E-state index in [2.05, 4.69) is 0 Å². The van der Waals surface area contributed by atoms with Crippen LogP contribution in [0.4, 0.5) is 0 Å². The molecular formula is C9H13NO3S2. The number of thiophene rings is 1. The van der Waals surface area contributed by atoms with Crippen LogP contribution in [0.2, 0.25) is 0 Å². The van der Waals surface area contributed by atoms with Gasteiger partial charge in [0.25, 0.3) is 10.0 Å². The molecule has 0 saturated carbocycles. The van der Waals surface area contributed by atoms with Crippen LogP contribution in [-0.2, 0) is 10.0 Å². The van der Waals surface area contributed by atoms with E-state index in [1.165, 1.54) is 15.6 Å². The van der Waals surface area contributed by atoms with Gasteiger partial charge >= 0.3 is 0 Å². The van der Waals surface area contributed by atoms with Gasteiger partial charge in [0.1, 0.15) is 4.21 Å². The van der Waals surface area contributed by atoms with Gasteiger partial charge in [-0.1, -0.05) is 6.07 Å². The molecule has 1 aromatic rings. The van der Waals surface area contributed by atoms with Crippen molar-refractivity contribution in [3.8, 4) is 0 Å². The molecule has 15 heavy (non-hydrogen) atoms. The Kier molecular flexibility index (Phi) is 3.11. The summed E-state index contributed by atoms with van der Waals surface area (Å²) in [5.41, 5.74) is 0. The number of nitrogens with zero attached hydrogens (tertiary/aromatic N) is 1. The van der Waals surface area contributed by atoms with Gasteiger partial charge < -0.3 is 5.11 Å². The van der Waals surface area contributed by atoms with Crippen molar-refractivity contribution in [2.45, 2.75) is 23.1 Å². The van der Waals surface area contributed by atoms with E-state index in [9.17, 15) is 8.42 Å². The van der Waals surface area contributed by atoms with Gasteiger partial charge in [0.05, 0.1) is 6.61 Å². The normalized spacial score (nSPS) is 23.4. The average Bonchev–Trinajstić information content (AvgIpc) is 2.89. The van der Waals surface area contributed by atoms with E-state index in [-0.39, 0.29) is 12.6 Å². The number of sulfonamides is 1. The van der Waals surface area contributed by atoms with Gasteiger partial charge in [-0.3, -0.25) is 0 Å².